The Morgan fingerprint density at radius 3 is 1.27 bits per heavy atom. The van der Waals surface area contributed by atoms with Crippen molar-refractivity contribution in [3.8, 4) is 0 Å². The number of unbranched alkanes of at least 4 members (excludes halogenated alkanes) is 30. The molecular weight excluding hydrogens is 952 g/mol. The summed E-state index contributed by atoms with van der Waals surface area (Å²) in [6, 6.07) is -0.902. The number of quaternary nitrogens is 1. The van der Waals surface area contributed by atoms with Crippen LogP contribution in [0.3, 0.4) is 0 Å². The molecular formula is C65H119N2O7P. The summed E-state index contributed by atoms with van der Waals surface area (Å²) in [4.78, 5) is 40.0. The quantitative estimate of drug-likeness (QED) is 0.0212. The van der Waals surface area contributed by atoms with Gasteiger partial charge in [-0.3, -0.25) is 14.2 Å². The molecule has 0 aromatic carbocycles. The predicted octanol–water partition coefficient (Wildman–Crippen LogP) is 18.6. The van der Waals surface area contributed by atoms with Gasteiger partial charge in [-0.25, -0.2) is 0 Å². The zero-order valence-corrected chi connectivity index (χ0v) is 50.6. The lowest BCUT2D eigenvalue weighted by Crippen LogP contribution is -2.47. The Labute approximate surface area is 463 Å². The van der Waals surface area contributed by atoms with E-state index < -0.39 is 26.6 Å². The molecule has 3 atom stereocenters. The van der Waals surface area contributed by atoms with Crippen LogP contribution in [0.25, 0.3) is 0 Å². The van der Waals surface area contributed by atoms with Crippen LogP contribution in [0.15, 0.2) is 72.9 Å². The molecule has 0 bridgehead atoms. The van der Waals surface area contributed by atoms with Crippen molar-refractivity contribution in [2.75, 3.05) is 40.9 Å². The Morgan fingerprint density at radius 1 is 0.467 bits per heavy atom. The molecule has 0 rings (SSSR count). The fourth-order valence-corrected chi connectivity index (χ4v) is 9.46. The van der Waals surface area contributed by atoms with E-state index in [2.05, 4.69) is 86.8 Å². The van der Waals surface area contributed by atoms with Gasteiger partial charge in [0.1, 0.15) is 19.3 Å². The zero-order valence-electron chi connectivity index (χ0n) is 49.7. The number of carbonyl (C=O) groups excluding carboxylic acids is 2. The van der Waals surface area contributed by atoms with Gasteiger partial charge in [0.25, 0.3) is 7.82 Å². The van der Waals surface area contributed by atoms with Crippen LogP contribution in [0.4, 0.5) is 0 Å². The van der Waals surface area contributed by atoms with E-state index in [-0.39, 0.29) is 24.9 Å². The number of allylic oxidation sites excluding steroid dienone is 11. The Morgan fingerprint density at radius 2 is 0.813 bits per heavy atom. The number of phosphoric ester groups is 1. The van der Waals surface area contributed by atoms with Gasteiger partial charge in [-0.05, 0) is 102 Å². The molecule has 0 heterocycles. The maximum atomic E-state index is 13.5. The summed E-state index contributed by atoms with van der Waals surface area (Å²) in [5, 5.41) is 3.02. The van der Waals surface area contributed by atoms with Crippen molar-refractivity contribution in [3.63, 3.8) is 0 Å². The van der Waals surface area contributed by atoms with Gasteiger partial charge in [0.15, 0.2) is 0 Å². The molecule has 1 amide bonds. The minimum absolute atomic E-state index is 0.0289. The molecule has 0 aromatic rings. The summed E-state index contributed by atoms with van der Waals surface area (Å²) in [6.07, 6.45) is 70.1. The number of nitrogens with zero attached hydrogens (tertiary/aromatic N) is 1. The molecule has 0 saturated heterocycles. The second-order valence-corrected chi connectivity index (χ2v) is 23.6. The first-order chi connectivity index (χ1) is 36.4. The standard InChI is InChI=1S/C65H119N2O7P/c1-7-10-13-16-19-22-25-28-29-30-31-32-33-34-35-36-37-40-42-45-48-51-54-57-64(68)66-62(61-73-75(70,71)72-60-59-67(4,5)6)63(56-53-50-47-44-41-38-26-23-20-17-14-11-8-2)74-65(69)58-55-52-49-46-43-39-27-24-21-18-15-12-9-3/h19,22,28-29,31-32,34-35,39,43,53,56,62-63H,7-18,20-21,23-27,30,33,36-38,40-42,44-52,54-55,57-61H2,1-6H3,(H-,66,68,70,71)/b22-19-,29-28-,32-31-,35-34-,43-39-,56-53-. The third kappa shape index (κ3) is 56.0. The molecule has 436 valence electrons. The highest BCUT2D eigenvalue weighted by Crippen LogP contribution is 2.38. The lowest BCUT2D eigenvalue weighted by molar-refractivity contribution is -0.870. The van der Waals surface area contributed by atoms with Gasteiger partial charge in [-0.2, -0.15) is 0 Å². The van der Waals surface area contributed by atoms with Crippen molar-refractivity contribution >= 4 is 19.7 Å². The molecule has 0 fully saturated rings. The van der Waals surface area contributed by atoms with Gasteiger partial charge in [0.05, 0.1) is 33.8 Å². The number of hydrogen-bond acceptors (Lipinski definition) is 7. The van der Waals surface area contributed by atoms with E-state index in [1.54, 1.807) is 0 Å². The van der Waals surface area contributed by atoms with E-state index in [0.717, 1.165) is 96.3 Å². The minimum Gasteiger partial charge on any atom is -0.756 e. The number of likely N-dealkylation sites (N-methyl/N-ethyl adjacent to an activating group) is 1. The van der Waals surface area contributed by atoms with Crippen molar-refractivity contribution in [1.82, 2.24) is 5.32 Å². The Bertz CT molecular complexity index is 1510. The highest BCUT2D eigenvalue weighted by Gasteiger charge is 2.27. The maximum absolute atomic E-state index is 13.5. The van der Waals surface area contributed by atoms with Crippen LogP contribution < -0.4 is 10.2 Å². The number of carbonyl (C=O) groups is 2. The fraction of sp³-hybridized carbons (Fsp3) is 0.785. The average molecular weight is 1070 g/mol. The average Bonchev–Trinajstić information content (AvgIpc) is 3.37. The topological polar surface area (TPSA) is 114 Å². The SMILES string of the molecule is CCCCC/C=C\C/C=C\C/C=C\C/C=C\CCCCCCCCCC(=O)NC(COP(=O)([O-])OCC[N+](C)(C)C)C(/C=C\CCCCCCCCCCCCC)OC(=O)CCCCC/C=C\CCCCCCCC. The van der Waals surface area contributed by atoms with Crippen LogP contribution in [0.1, 0.15) is 278 Å². The molecule has 0 radical (unpaired) electrons. The van der Waals surface area contributed by atoms with E-state index in [4.69, 9.17) is 13.8 Å². The second kappa shape index (κ2) is 54.8. The molecule has 0 aliphatic rings. The molecule has 0 aliphatic carbocycles. The first-order valence-electron chi connectivity index (χ1n) is 31.2. The molecule has 0 aliphatic heterocycles. The monoisotopic (exact) mass is 1070 g/mol. The summed E-state index contributed by atoms with van der Waals surface area (Å²) in [6.45, 7) is 6.79. The van der Waals surface area contributed by atoms with Crippen molar-refractivity contribution in [1.29, 1.82) is 0 Å². The largest absolute Gasteiger partial charge is 0.756 e. The molecule has 0 aromatic heterocycles. The van der Waals surface area contributed by atoms with Crippen LogP contribution in [0, 0.1) is 0 Å². The molecule has 9 nitrogen and oxygen atoms in total. The molecule has 75 heavy (non-hydrogen) atoms. The highest BCUT2D eigenvalue weighted by molar-refractivity contribution is 7.45. The van der Waals surface area contributed by atoms with Gasteiger partial charge >= 0.3 is 5.97 Å². The first-order valence-corrected chi connectivity index (χ1v) is 32.7. The molecule has 0 spiro atoms. The lowest BCUT2D eigenvalue weighted by atomic mass is 10.0. The third-order valence-electron chi connectivity index (χ3n) is 13.6. The smallest absolute Gasteiger partial charge is 0.306 e. The van der Waals surface area contributed by atoms with Crippen LogP contribution in [-0.4, -0.2) is 69.4 Å². The molecule has 1 N–H and O–H groups in total. The Balaban J connectivity index is 5.26. The number of amides is 1. The molecule has 3 unspecified atom stereocenters. The number of rotatable bonds is 56. The van der Waals surface area contributed by atoms with E-state index in [0.29, 0.717) is 23.9 Å². The first kappa shape index (κ1) is 72.5. The Kier molecular flexibility index (Phi) is 52.9. The van der Waals surface area contributed by atoms with Crippen molar-refractivity contribution < 1.29 is 37.3 Å². The van der Waals surface area contributed by atoms with Crippen molar-refractivity contribution in [2.24, 2.45) is 0 Å². The van der Waals surface area contributed by atoms with Crippen LogP contribution in [-0.2, 0) is 27.9 Å². The number of nitrogens with one attached hydrogen (secondary N) is 1. The minimum atomic E-state index is -4.71. The number of esters is 1. The summed E-state index contributed by atoms with van der Waals surface area (Å²) >= 11 is 0. The summed E-state index contributed by atoms with van der Waals surface area (Å²) in [7, 11) is 1.17. The summed E-state index contributed by atoms with van der Waals surface area (Å²) in [5.74, 6) is -0.570. The van der Waals surface area contributed by atoms with Crippen molar-refractivity contribution in [2.45, 2.75) is 290 Å². The van der Waals surface area contributed by atoms with Gasteiger partial charge in [-0.1, -0.05) is 235 Å². The maximum Gasteiger partial charge on any atom is 0.306 e. The Hall–Kier alpha value is -2.55. The predicted molar refractivity (Wildman–Crippen MR) is 321 cm³/mol. The van der Waals surface area contributed by atoms with Gasteiger partial charge in [0.2, 0.25) is 5.91 Å². The summed E-state index contributed by atoms with van der Waals surface area (Å²) in [5.41, 5.74) is 0. The van der Waals surface area contributed by atoms with Gasteiger partial charge in [0, 0.05) is 12.8 Å². The van der Waals surface area contributed by atoms with E-state index in [1.807, 2.05) is 33.3 Å². The van der Waals surface area contributed by atoms with Crippen LogP contribution in [0.2, 0.25) is 0 Å². The van der Waals surface area contributed by atoms with E-state index in [1.165, 1.54) is 141 Å². The number of phosphoric acid groups is 1. The zero-order chi connectivity index (χ0) is 55.0. The van der Waals surface area contributed by atoms with Crippen LogP contribution >= 0.6 is 7.82 Å². The van der Waals surface area contributed by atoms with E-state index in [9.17, 15) is 19.0 Å². The van der Waals surface area contributed by atoms with E-state index >= 15 is 0 Å². The highest BCUT2D eigenvalue weighted by atomic mass is 31.2. The molecule has 0 saturated carbocycles. The fourth-order valence-electron chi connectivity index (χ4n) is 8.74. The molecule has 10 heteroatoms. The van der Waals surface area contributed by atoms with Gasteiger partial charge in [-0.15, -0.1) is 0 Å². The number of ether oxygens (including phenoxy) is 1. The summed E-state index contributed by atoms with van der Waals surface area (Å²) < 4.78 is 30.3. The lowest BCUT2D eigenvalue weighted by Gasteiger charge is -2.30. The second-order valence-electron chi connectivity index (χ2n) is 22.2. The number of hydrogen-bond donors (Lipinski definition) is 1. The van der Waals surface area contributed by atoms with Crippen LogP contribution in [0.5, 0.6) is 0 Å². The third-order valence-corrected chi connectivity index (χ3v) is 14.6. The van der Waals surface area contributed by atoms with Crippen molar-refractivity contribution in [3.05, 3.63) is 72.9 Å². The van der Waals surface area contributed by atoms with Gasteiger partial charge < -0.3 is 28.5 Å². The normalized spacial score (nSPS) is 14.2.